The maximum absolute atomic E-state index is 5.94. The molecule has 0 bridgehead atoms. The summed E-state index contributed by atoms with van der Waals surface area (Å²) in [5.74, 6) is 0.770. The van der Waals surface area contributed by atoms with E-state index in [1.807, 2.05) is 0 Å². The van der Waals surface area contributed by atoms with Crippen LogP contribution in [0.15, 0.2) is 30.3 Å². The molecule has 2 aliphatic rings. The summed E-state index contributed by atoms with van der Waals surface area (Å²) < 4.78 is 0. The molecule has 1 saturated carbocycles. The molecule has 1 aromatic carbocycles. The Kier molecular flexibility index (Phi) is 3.16. The molecule has 18 heavy (non-hydrogen) atoms. The van der Waals surface area contributed by atoms with Crippen LogP contribution in [0.5, 0.6) is 0 Å². The van der Waals surface area contributed by atoms with Gasteiger partial charge in [0, 0.05) is 18.5 Å². The molecular weight excluding hydrogens is 220 g/mol. The Labute approximate surface area is 110 Å². The van der Waals surface area contributed by atoms with Gasteiger partial charge in [0.1, 0.15) is 0 Å². The summed E-state index contributed by atoms with van der Waals surface area (Å²) in [7, 11) is 0. The molecule has 1 saturated heterocycles. The fourth-order valence-electron chi connectivity index (χ4n) is 3.45. The first-order chi connectivity index (χ1) is 8.72. The van der Waals surface area contributed by atoms with Gasteiger partial charge in [0.2, 0.25) is 0 Å². The summed E-state index contributed by atoms with van der Waals surface area (Å²) in [6, 6.07) is 11.7. The van der Waals surface area contributed by atoms with Gasteiger partial charge in [-0.15, -0.1) is 0 Å². The van der Waals surface area contributed by atoms with Crippen LogP contribution in [0.2, 0.25) is 0 Å². The average molecular weight is 244 g/mol. The lowest BCUT2D eigenvalue weighted by atomic mass is 9.82. The second kappa shape index (κ2) is 4.67. The number of hydrogen-bond donors (Lipinski definition) is 1. The molecule has 0 radical (unpaired) electrons. The maximum atomic E-state index is 5.94. The van der Waals surface area contributed by atoms with Crippen molar-refractivity contribution in [2.24, 2.45) is 11.1 Å². The normalized spacial score (nSPS) is 36.6. The first-order valence-electron chi connectivity index (χ1n) is 7.21. The number of rotatable bonds is 3. The molecule has 3 unspecified atom stereocenters. The number of piperidine rings is 1. The Hall–Kier alpha value is -0.860. The van der Waals surface area contributed by atoms with Gasteiger partial charge >= 0.3 is 0 Å². The highest BCUT2D eigenvalue weighted by Crippen LogP contribution is 2.46. The van der Waals surface area contributed by atoms with Crippen LogP contribution in [0, 0.1) is 5.41 Å². The van der Waals surface area contributed by atoms with E-state index in [9.17, 15) is 0 Å². The highest BCUT2D eigenvalue weighted by Gasteiger charge is 2.45. The number of nitrogens with zero attached hydrogens (tertiary/aromatic N) is 1. The quantitative estimate of drug-likeness (QED) is 0.885. The number of nitrogens with two attached hydrogens (primary N) is 1. The van der Waals surface area contributed by atoms with E-state index in [2.05, 4.69) is 42.2 Å². The van der Waals surface area contributed by atoms with E-state index in [0.29, 0.717) is 5.41 Å². The topological polar surface area (TPSA) is 29.3 Å². The van der Waals surface area contributed by atoms with Crippen molar-refractivity contribution in [1.29, 1.82) is 0 Å². The van der Waals surface area contributed by atoms with Gasteiger partial charge in [0.25, 0.3) is 0 Å². The zero-order valence-corrected chi connectivity index (χ0v) is 11.3. The zero-order valence-electron chi connectivity index (χ0n) is 11.3. The van der Waals surface area contributed by atoms with E-state index >= 15 is 0 Å². The Morgan fingerprint density at radius 2 is 2.11 bits per heavy atom. The summed E-state index contributed by atoms with van der Waals surface area (Å²) in [5, 5.41) is 0. The third-order valence-corrected chi connectivity index (χ3v) is 4.76. The fraction of sp³-hybridized carbons (Fsp3) is 0.625. The van der Waals surface area contributed by atoms with Crippen molar-refractivity contribution in [3.05, 3.63) is 35.9 Å². The van der Waals surface area contributed by atoms with Crippen molar-refractivity contribution in [2.75, 3.05) is 19.6 Å². The summed E-state index contributed by atoms with van der Waals surface area (Å²) in [6.07, 6.45) is 3.94. The molecule has 0 amide bonds. The van der Waals surface area contributed by atoms with Gasteiger partial charge in [-0.25, -0.2) is 0 Å². The van der Waals surface area contributed by atoms with Crippen molar-refractivity contribution < 1.29 is 0 Å². The molecule has 0 aromatic heterocycles. The van der Waals surface area contributed by atoms with E-state index < -0.39 is 0 Å². The van der Waals surface area contributed by atoms with E-state index in [1.54, 1.807) is 0 Å². The number of likely N-dealkylation sites (tertiary alicyclic amines) is 1. The zero-order chi connectivity index (χ0) is 12.6. The Morgan fingerprint density at radius 3 is 2.83 bits per heavy atom. The van der Waals surface area contributed by atoms with Gasteiger partial charge in [-0.05, 0) is 43.3 Å². The first-order valence-corrected chi connectivity index (χ1v) is 7.21. The van der Waals surface area contributed by atoms with E-state index in [4.69, 9.17) is 5.73 Å². The summed E-state index contributed by atoms with van der Waals surface area (Å²) in [4.78, 5) is 2.69. The molecule has 2 nitrogen and oxygen atoms in total. The van der Waals surface area contributed by atoms with Crippen molar-refractivity contribution in [3.8, 4) is 0 Å². The predicted molar refractivity (Wildman–Crippen MR) is 75.6 cm³/mol. The van der Waals surface area contributed by atoms with E-state index in [0.717, 1.165) is 18.5 Å². The van der Waals surface area contributed by atoms with Crippen molar-refractivity contribution in [2.45, 2.75) is 38.1 Å². The van der Waals surface area contributed by atoms with Gasteiger partial charge in [-0.3, -0.25) is 4.90 Å². The smallest absolute Gasteiger partial charge is 0.0171 e. The molecular formula is C16H24N2. The highest BCUT2D eigenvalue weighted by atomic mass is 15.2. The van der Waals surface area contributed by atoms with Crippen LogP contribution < -0.4 is 5.73 Å². The minimum absolute atomic E-state index is 0.349. The van der Waals surface area contributed by atoms with Crippen molar-refractivity contribution in [1.82, 2.24) is 4.90 Å². The summed E-state index contributed by atoms with van der Waals surface area (Å²) in [5.41, 5.74) is 7.80. The fourth-order valence-corrected chi connectivity index (χ4v) is 3.45. The molecule has 1 aliphatic heterocycles. The Balaban J connectivity index is 1.64. The average Bonchev–Trinajstić information content (AvgIpc) is 3.20. The monoisotopic (exact) mass is 244 g/mol. The molecule has 98 valence electrons. The third-order valence-electron chi connectivity index (χ3n) is 4.76. The van der Waals surface area contributed by atoms with Crippen LogP contribution in [0.3, 0.4) is 0 Å². The number of hydrogen-bond acceptors (Lipinski definition) is 2. The van der Waals surface area contributed by atoms with Gasteiger partial charge in [-0.2, -0.15) is 0 Å². The van der Waals surface area contributed by atoms with Gasteiger partial charge in [0.05, 0.1) is 0 Å². The molecule has 3 atom stereocenters. The maximum Gasteiger partial charge on any atom is 0.0171 e. The minimum atomic E-state index is 0.349. The lowest BCUT2D eigenvalue weighted by molar-refractivity contribution is 0.101. The predicted octanol–water partition coefficient (Wildman–Crippen LogP) is 2.60. The molecule has 1 aliphatic carbocycles. The standard InChI is InChI=1S/C16H24N2/c1-16(11-17)8-5-9-18(12-16)15-10-14(15)13-6-3-2-4-7-13/h2-4,6-7,14-15H,5,8-12,17H2,1H3. The minimum Gasteiger partial charge on any atom is -0.330 e. The summed E-state index contributed by atoms with van der Waals surface area (Å²) in [6.45, 7) is 5.63. The van der Waals surface area contributed by atoms with Crippen molar-refractivity contribution >= 4 is 0 Å². The van der Waals surface area contributed by atoms with Crippen LogP contribution in [0.1, 0.15) is 37.7 Å². The van der Waals surface area contributed by atoms with Crippen LogP contribution in [-0.4, -0.2) is 30.6 Å². The summed E-state index contributed by atoms with van der Waals surface area (Å²) >= 11 is 0. The van der Waals surface area contributed by atoms with Crippen LogP contribution in [0.25, 0.3) is 0 Å². The van der Waals surface area contributed by atoms with E-state index in [1.165, 1.54) is 37.9 Å². The van der Waals surface area contributed by atoms with Crippen LogP contribution >= 0.6 is 0 Å². The Morgan fingerprint density at radius 1 is 1.33 bits per heavy atom. The van der Waals surface area contributed by atoms with Crippen molar-refractivity contribution in [3.63, 3.8) is 0 Å². The molecule has 1 aromatic rings. The Bertz CT molecular complexity index is 403. The van der Waals surface area contributed by atoms with Gasteiger partial charge < -0.3 is 5.73 Å². The largest absolute Gasteiger partial charge is 0.330 e. The third kappa shape index (κ3) is 2.32. The van der Waals surface area contributed by atoms with Crippen LogP contribution in [0.4, 0.5) is 0 Å². The second-order valence-corrected chi connectivity index (χ2v) is 6.41. The molecule has 0 spiro atoms. The van der Waals surface area contributed by atoms with Gasteiger partial charge in [0.15, 0.2) is 0 Å². The molecule has 2 heteroatoms. The SMILES string of the molecule is CC1(CN)CCCN(C2CC2c2ccccc2)C1. The number of benzene rings is 1. The molecule has 1 heterocycles. The van der Waals surface area contributed by atoms with Crippen LogP contribution in [-0.2, 0) is 0 Å². The molecule has 3 rings (SSSR count). The molecule has 2 fully saturated rings. The first kappa shape index (κ1) is 12.2. The van der Waals surface area contributed by atoms with Gasteiger partial charge in [-0.1, -0.05) is 37.3 Å². The lowest BCUT2D eigenvalue weighted by Gasteiger charge is -2.40. The van der Waals surface area contributed by atoms with E-state index in [-0.39, 0.29) is 0 Å². The lowest BCUT2D eigenvalue weighted by Crippen LogP contribution is -2.46. The second-order valence-electron chi connectivity index (χ2n) is 6.41. The molecule has 2 N–H and O–H groups in total. The highest BCUT2D eigenvalue weighted by molar-refractivity contribution is 5.28.